The minimum atomic E-state index is -0.223. The fourth-order valence-electron chi connectivity index (χ4n) is 11.6. The fraction of sp³-hybridized carbons (Fsp3) is 0.286. The number of nitrogens with zero attached hydrogens (tertiary/aromatic N) is 4. The highest BCUT2D eigenvalue weighted by molar-refractivity contribution is 8.00. The molecule has 0 atom stereocenters. The monoisotopic (exact) mass is 884 g/mol. The minimum Gasteiger partial charge on any atom is -0.474 e. The van der Waals surface area contributed by atoms with Crippen molar-refractivity contribution in [3.05, 3.63) is 129 Å². The lowest BCUT2D eigenvalue weighted by atomic mass is 9.60. The van der Waals surface area contributed by atoms with Gasteiger partial charge in [-0.15, -0.1) is 0 Å². The molecule has 0 amide bonds. The molecule has 1 aromatic heterocycles. The molecule has 0 unspecified atom stereocenters. The number of aryl methyl sites for hydroxylation is 2. The summed E-state index contributed by atoms with van der Waals surface area (Å²) in [5.41, 5.74) is 27.9. The van der Waals surface area contributed by atoms with E-state index in [2.05, 4.69) is 187 Å². The third-order valence-corrected chi connectivity index (χ3v) is 18.1. The molecule has 0 N–H and O–H groups in total. The predicted molar refractivity (Wildman–Crippen MR) is 278 cm³/mol. The minimum absolute atomic E-state index is 0.223. The molecule has 0 saturated heterocycles. The van der Waals surface area contributed by atoms with Crippen molar-refractivity contribution < 1.29 is 4.42 Å². The third kappa shape index (κ3) is 5.17. The van der Waals surface area contributed by atoms with Crippen LogP contribution in [0.15, 0.2) is 109 Å². The molecule has 6 aliphatic heterocycles. The highest BCUT2D eigenvalue weighted by Gasteiger charge is 2.59. The molecule has 322 valence electrons. The maximum Gasteiger partial charge on any atom is 0.459 e. The Kier molecular flexibility index (Phi) is 8.36. The van der Waals surface area contributed by atoms with Crippen LogP contribution >= 0.6 is 23.5 Å². The van der Waals surface area contributed by atoms with Crippen LogP contribution in [0.3, 0.4) is 0 Å². The maximum atomic E-state index is 8.02. The summed E-state index contributed by atoms with van der Waals surface area (Å²) in [5.74, 6) is 1.60. The highest BCUT2D eigenvalue weighted by Crippen LogP contribution is 2.64. The zero-order valence-electron chi connectivity index (χ0n) is 39.6. The first-order valence-corrected chi connectivity index (χ1v) is 25.4. The Hall–Kier alpha value is -5.37. The van der Waals surface area contributed by atoms with Gasteiger partial charge >= 0.3 is 14.0 Å². The Bertz CT molecular complexity index is 3080. The molecular weight excluding hydrogens is 830 g/mol. The van der Waals surface area contributed by atoms with Crippen LogP contribution in [-0.4, -0.2) is 14.0 Å². The lowest BCUT2D eigenvalue weighted by molar-refractivity contribution is 0.631. The van der Waals surface area contributed by atoms with Crippen molar-refractivity contribution >= 4 is 94.3 Å². The number of anilines is 8. The lowest BCUT2D eigenvalue weighted by Crippen LogP contribution is -2.57. The summed E-state index contributed by atoms with van der Waals surface area (Å²) in [6.45, 7) is 27.3. The van der Waals surface area contributed by atoms with Gasteiger partial charge in [0, 0.05) is 64.6 Å². The van der Waals surface area contributed by atoms with Gasteiger partial charge in [0.05, 0.1) is 22.7 Å². The standard InChI is InChI=1S/C56H54B2N4OS2/c1-27(2)35-13-17-41-39(23-35)49-50-40-24-36(28(3)4)14-18-42(40)60-46-22-32(10)34(12)54-52(46)62(44-20-16-38(30(7)8)26-48(44)65-54)58(60)56(50)63-55(49)57-59(41)45-21-31(9)33(11)53-51(45)61(57)43-19-15-37(29(5)6)25-47(43)64-53/h13-30H,1-12H3. The van der Waals surface area contributed by atoms with Crippen molar-refractivity contribution in [2.75, 3.05) is 19.2 Å². The van der Waals surface area contributed by atoms with E-state index in [0.29, 0.717) is 23.7 Å². The normalized spacial score (nSPS) is 15.3. The summed E-state index contributed by atoms with van der Waals surface area (Å²) in [6.07, 6.45) is 0. The molecule has 0 radical (unpaired) electrons. The van der Waals surface area contributed by atoms with Gasteiger partial charge in [-0.1, -0.05) is 103 Å². The van der Waals surface area contributed by atoms with Crippen molar-refractivity contribution in [1.29, 1.82) is 0 Å². The van der Waals surface area contributed by atoms with E-state index in [9.17, 15) is 0 Å². The number of hydrogen-bond acceptors (Lipinski definition) is 7. The Morgan fingerprint density at radius 2 is 0.769 bits per heavy atom. The number of benzene rings is 6. The Balaban J connectivity index is 1.15. The van der Waals surface area contributed by atoms with E-state index >= 15 is 0 Å². The van der Waals surface area contributed by atoms with E-state index < -0.39 is 0 Å². The first-order chi connectivity index (χ1) is 31.2. The first-order valence-electron chi connectivity index (χ1n) is 23.8. The second-order valence-corrected chi connectivity index (χ2v) is 22.8. The van der Waals surface area contributed by atoms with Gasteiger partial charge in [0.1, 0.15) is 11.3 Å². The molecule has 65 heavy (non-hydrogen) atoms. The molecule has 5 nitrogen and oxygen atoms in total. The zero-order chi connectivity index (χ0) is 44.8. The van der Waals surface area contributed by atoms with E-state index in [4.69, 9.17) is 4.42 Å². The summed E-state index contributed by atoms with van der Waals surface area (Å²) in [7, 11) is 0. The summed E-state index contributed by atoms with van der Waals surface area (Å²) >= 11 is 3.90. The molecule has 7 heterocycles. The van der Waals surface area contributed by atoms with Crippen molar-refractivity contribution in [2.45, 2.75) is 126 Å². The topological polar surface area (TPSA) is 26.1 Å². The van der Waals surface area contributed by atoms with Crippen LogP contribution < -0.4 is 30.6 Å². The second kappa shape index (κ2) is 13.6. The zero-order valence-corrected chi connectivity index (χ0v) is 41.2. The Morgan fingerprint density at radius 3 is 1.14 bits per heavy atom. The maximum absolute atomic E-state index is 8.02. The molecule has 0 saturated carbocycles. The third-order valence-electron chi connectivity index (χ3n) is 15.6. The second-order valence-electron chi connectivity index (χ2n) is 20.7. The van der Waals surface area contributed by atoms with Crippen LogP contribution in [0, 0.1) is 27.7 Å². The Labute approximate surface area is 393 Å². The molecular formula is C56H54B2N4OS2. The van der Waals surface area contributed by atoms with Crippen molar-refractivity contribution in [2.24, 2.45) is 0 Å². The smallest absolute Gasteiger partial charge is 0.459 e. The molecule has 0 aliphatic carbocycles. The number of hydrogen-bond donors (Lipinski definition) is 0. The Morgan fingerprint density at radius 1 is 0.415 bits per heavy atom. The van der Waals surface area contributed by atoms with Crippen LogP contribution in [0.4, 0.5) is 45.5 Å². The highest BCUT2D eigenvalue weighted by atomic mass is 32.2. The van der Waals surface area contributed by atoms with Gasteiger partial charge in [-0.05, 0) is 157 Å². The van der Waals surface area contributed by atoms with Crippen molar-refractivity contribution in [1.82, 2.24) is 0 Å². The van der Waals surface area contributed by atoms with Gasteiger partial charge in [-0.2, -0.15) is 0 Å². The molecule has 0 spiro atoms. The molecule has 7 aromatic rings. The number of furan rings is 1. The van der Waals surface area contributed by atoms with E-state index in [1.165, 1.54) is 132 Å². The van der Waals surface area contributed by atoms with Crippen molar-refractivity contribution in [3.8, 4) is 22.3 Å². The van der Waals surface area contributed by atoms with E-state index in [-0.39, 0.29) is 14.0 Å². The summed E-state index contributed by atoms with van der Waals surface area (Å²) < 4.78 is 8.02. The molecule has 6 aliphatic rings. The molecule has 13 rings (SSSR count). The number of fused-ring (bicyclic) bond motifs is 21. The van der Waals surface area contributed by atoms with Crippen LogP contribution in [-0.2, 0) is 0 Å². The van der Waals surface area contributed by atoms with Gasteiger partial charge in [-0.25, -0.2) is 0 Å². The van der Waals surface area contributed by atoms with Gasteiger partial charge < -0.3 is 23.7 Å². The summed E-state index contributed by atoms with van der Waals surface area (Å²) in [6, 6.07) is 33.9. The van der Waals surface area contributed by atoms with Crippen LogP contribution in [0.25, 0.3) is 22.3 Å². The summed E-state index contributed by atoms with van der Waals surface area (Å²) in [5, 5.41) is 0. The first kappa shape index (κ1) is 39.9. The fourth-order valence-corrected chi connectivity index (χ4v) is 14.2. The largest absolute Gasteiger partial charge is 0.474 e. The number of rotatable bonds is 4. The van der Waals surface area contributed by atoms with Gasteiger partial charge in [0.15, 0.2) is 0 Å². The van der Waals surface area contributed by atoms with E-state index in [0.717, 1.165) is 11.3 Å². The van der Waals surface area contributed by atoms with Crippen LogP contribution in [0.1, 0.15) is 124 Å². The van der Waals surface area contributed by atoms with E-state index in [1.807, 2.05) is 23.5 Å². The van der Waals surface area contributed by atoms with Crippen LogP contribution in [0.2, 0.25) is 0 Å². The molecule has 9 heteroatoms. The molecule has 0 fully saturated rings. The van der Waals surface area contributed by atoms with Crippen LogP contribution in [0.5, 0.6) is 0 Å². The lowest BCUT2D eigenvalue weighted by Gasteiger charge is -2.37. The van der Waals surface area contributed by atoms with Gasteiger partial charge in [0.2, 0.25) is 0 Å². The SMILES string of the molecule is Cc1cc2c3c(c1C)Sc1cc(C(C)C)ccc1N3B1c3oc4c(c3-c3cc(C(C)C)ccc3N12)-c1cc(C(C)C)ccc1N1B4N2c3ccc(C(C)C)cc3Sc3c(C)c(C)cc1c32. The quantitative estimate of drug-likeness (QED) is 0.163. The average molecular weight is 885 g/mol. The molecule has 6 aromatic carbocycles. The summed E-state index contributed by atoms with van der Waals surface area (Å²) in [4.78, 5) is 15.9. The molecule has 0 bridgehead atoms. The van der Waals surface area contributed by atoms with Crippen molar-refractivity contribution in [3.63, 3.8) is 0 Å². The van der Waals surface area contributed by atoms with E-state index in [1.54, 1.807) is 0 Å². The van der Waals surface area contributed by atoms with Gasteiger partial charge in [0.25, 0.3) is 0 Å². The predicted octanol–water partition coefficient (Wildman–Crippen LogP) is 15.3. The van der Waals surface area contributed by atoms with Gasteiger partial charge in [-0.3, -0.25) is 0 Å². The average Bonchev–Trinajstić information content (AvgIpc) is 3.96.